The Bertz CT molecular complexity index is 369. The summed E-state index contributed by atoms with van der Waals surface area (Å²) in [5, 5.41) is 3.66. The molecule has 2 nitrogen and oxygen atoms in total. The highest BCUT2D eigenvalue weighted by Gasteiger charge is 2.22. The van der Waals surface area contributed by atoms with E-state index in [1.165, 1.54) is 24.0 Å². The Kier molecular flexibility index (Phi) is 5.41. The summed E-state index contributed by atoms with van der Waals surface area (Å²) >= 11 is 0. The molecule has 0 spiro atoms. The Hall–Kier alpha value is -0.860. The van der Waals surface area contributed by atoms with E-state index in [1.807, 2.05) is 7.11 Å². The number of nitrogens with one attached hydrogen (secondary N) is 1. The molecule has 2 atom stereocenters. The van der Waals surface area contributed by atoms with E-state index in [0.29, 0.717) is 12.0 Å². The van der Waals surface area contributed by atoms with Gasteiger partial charge in [0.15, 0.2) is 0 Å². The van der Waals surface area contributed by atoms with Crippen LogP contribution in [0.3, 0.4) is 0 Å². The van der Waals surface area contributed by atoms with Crippen molar-refractivity contribution in [2.45, 2.75) is 51.7 Å². The molecule has 0 bridgehead atoms. The summed E-state index contributed by atoms with van der Waals surface area (Å²) in [7, 11) is 1.81. The number of benzene rings is 1. The first-order valence-electron chi connectivity index (χ1n) is 7.49. The fraction of sp³-hybridized carbons (Fsp3) is 0.647. The Morgan fingerprint density at radius 1 is 1.26 bits per heavy atom. The first-order chi connectivity index (χ1) is 9.17. The zero-order chi connectivity index (χ0) is 13.7. The fourth-order valence-corrected chi connectivity index (χ4v) is 2.48. The summed E-state index contributed by atoms with van der Waals surface area (Å²) in [6, 6.07) is 9.73. The molecule has 0 saturated heterocycles. The van der Waals surface area contributed by atoms with Crippen LogP contribution in [-0.2, 0) is 11.2 Å². The zero-order valence-electron chi connectivity index (χ0n) is 12.5. The van der Waals surface area contributed by atoms with Crippen LogP contribution in [0.15, 0.2) is 24.3 Å². The Morgan fingerprint density at radius 2 is 1.95 bits per heavy atom. The highest BCUT2D eigenvalue weighted by atomic mass is 16.5. The van der Waals surface area contributed by atoms with E-state index in [0.717, 1.165) is 25.4 Å². The number of rotatable bonds is 8. The molecule has 0 heterocycles. The van der Waals surface area contributed by atoms with Gasteiger partial charge in [-0.15, -0.1) is 0 Å². The highest BCUT2D eigenvalue weighted by Crippen LogP contribution is 2.21. The van der Waals surface area contributed by atoms with Crippen LogP contribution in [0.4, 0.5) is 0 Å². The summed E-state index contributed by atoms with van der Waals surface area (Å²) < 4.78 is 5.43. The van der Waals surface area contributed by atoms with Crippen molar-refractivity contribution in [1.29, 1.82) is 0 Å². The second-order valence-electron chi connectivity index (χ2n) is 6.02. The predicted molar refractivity (Wildman–Crippen MR) is 80.5 cm³/mol. The lowest BCUT2D eigenvalue weighted by Gasteiger charge is -2.21. The van der Waals surface area contributed by atoms with Gasteiger partial charge >= 0.3 is 0 Å². The molecule has 1 aromatic carbocycles. The van der Waals surface area contributed by atoms with Crippen LogP contribution >= 0.6 is 0 Å². The van der Waals surface area contributed by atoms with E-state index in [1.54, 1.807) is 0 Å². The third-order valence-electron chi connectivity index (χ3n) is 3.99. The first kappa shape index (κ1) is 14.5. The van der Waals surface area contributed by atoms with Gasteiger partial charge in [0, 0.05) is 13.2 Å². The lowest BCUT2D eigenvalue weighted by atomic mass is 9.93. The zero-order valence-corrected chi connectivity index (χ0v) is 12.5. The number of hydrogen-bond acceptors (Lipinski definition) is 2. The predicted octanol–water partition coefficient (Wildman–Crippen LogP) is 3.33. The maximum atomic E-state index is 5.43. The van der Waals surface area contributed by atoms with Gasteiger partial charge in [0.2, 0.25) is 0 Å². The minimum Gasteiger partial charge on any atom is -0.382 e. The SMILES string of the molecule is COC(C)CC(CNC1CC1)Cc1ccc(C)cc1. The van der Waals surface area contributed by atoms with Crippen molar-refractivity contribution < 1.29 is 4.74 Å². The Balaban J connectivity index is 1.88. The molecule has 1 N–H and O–H groups in total. The fourth-order valence-electron chi connectivity index (χ4n) is 2.48. The number of ether oxygens (including phenoxy) is 1. The van der Waals surface area contributed by atoms with Crippen molar-refractivity contribution >= 4 is 0 Å². The largest absolute Gasteiger partial charge is 0.382 e. The number of hydrogen-bond donors (Lipinski definition) is 1. The molecule has 106 valence electrons. The quantitative estimate of drug-likeness (QED) is 0.775. The second kappa shape index (κ2) is 7.06. The van der Waals surface area contributed by atoms with Crippen molar-refractivity contribution in [3.8, 4) is 0 Å². The third kappa shape index (κ3) is 5.33. The van der Waals surface area contributed by atoms with Crippen LogP contribution in [0, 0.1) is 12.8 Å². The summed E-state index contributed by atoms with van der Waals surface area (Å²) in [5.41, 5.74) is 2.78. The van der Waals surface area contributed by atoms with Crippen molar-refractivity contribution in [3.63, 3.8) is 0 Å². The molecule has 2 unspecified atom stereocenters. The van der Waals surface area contributed by atoms with Crippen molar-refractivity contribution in [1.82, 2.24) is 5.32 Å². The third-order valence-corrected chi connectivity index (χ3v) is 3.99. The average Bonchev–Trinajstić information content (AvgIpc) is 3.22. The van der Waals surface area contributed by atoms with Gasteiger partial charge in [-0.2, -0.15) is 0 Å². The summed E-state index contributed by atoms with van der Waals surface area (Å²) in [4.78, 5) is 0. The van der Waals surface area contributed by atoms with Crippen LogP contribution in [0.5, 0.6) is 0 Å². The molecule has 1 aromatic rings. The van der Waals surface area contributed by atoms with Crippen LogP contribution in [0.2, 0.25) is 0 Å². The van der Waals surface area contributed by atoms with Gasteiger partial charge < -0.3 is 10.1 Å². The van der Waals surface area contributed by atoms with E-state index < -0.39 is 0 Å². The van der Waals surface area contributed by atoms with Crippen LogP contribution in [0.25, 0.3) is 0 Å². The van der Waals surface area contributed by atoms with Crippen LogP contribution in [0.1, 0.15) is 37.3 Å². The van der Waals surface area contributed by atoms with Gasteiger partial charge in [0.25, 0.3) is 0 Å². The molecule has 2 heteroatoms. The lowest BCUT2D eigenvalue weighted by molar-refractivity contribution is 0.0945. The number of methoxy groups -OCH3 is 1. The summed E-state index contributed by atoms with van der Waals surface area (Å²) in [5.74, 6) is 0.665. The van der Waals surface area contributed by atoms with Crippen LogP contribution < -0.4 is 5.32 Å². The maximum Gasteiger partial charge on any atom is 0.0546 e. The van der Waals surface area contributed by atoms with E-state index in [9.17, 15) is 0 Å². The molecular weight excluding hydrogens is 234 g/mol. The van der Waals surface area contributed by atoms with Gasteiger partial charge in [0.1, 0.15) is 0 Å². The Morgan fingerprint density at radius 3 is 2.53 bits per heavy atom. The summed E-state index contributed by atoms with van der Waals surface area (Å²) in [6.45, 7) is 5.43. The van der Waals surface area contributed by atoms with Gasteiger partial charge in [-0.1, -0.05) is 29.8 Å². The standard InChI is InChI=1S/C17H27NO/c1-13-4-6-15(7-5-13)11-16(10-14(2)19-3)12-18-17-8-9-17/h4-7,14,16-18H,8-12H2,1-3H3. The van der Waals surface area contributed by atoms with Gasteiger partial charge in [0.05, 0.1) is 6.10 Å². The molecule has 0 aliphatic heterocycles. The molecule has 1 saturated carbocycles. The van der Waals surface area contributed by atoms with Crippen molar-refractivity contribution in [2.24, 2.45) is 5.92 Å². The summed E-state index contributed by atoms with van der Waals surface area (Å²) in [6.07, 6.45) is 5.34. The van der Waals surface area contributed by atoms with Crippen LogP contribution in [-0.4, -0.2) is 25.8 Å². The average molecular weight is 261 g/mol. The highest BCUT2D eigenvalue weighted by molar-refractivity contribution is 5.21. The number of aryl methyl sites for hydroxylation is 1. The van der Waals surface area contributed by atoms with E-state index in [4.69, 9.17) is 4.74 Å². The molecule has 1 aliphatic carbocycles. The van der Waals surface area contributed by atoms with Crippen molar-refractivity contribution in [2.75, 3.05) is 13.7 Å². The monoisotopic (exact) mass is 261 g/mol. The molecule has 1 aliphatic rings. The molecular formula is C17H27NO. The van der Waals surface area contributed by atoms with E-state index in [-0.39, 0.29) is 0 Å². The maximum absolute atomic E-state index is 5.43. The van der Waals surface area contributed by atoms with Gasteiger partial charge in [-0.3, -0.25) is 0 Å². The lowest BCUT2D eigenvalue weighted by Crippen LogP contribution is -2.28. The van der Waals surface area contributed by atoms with E-state index in [2.05, 4.69) is 43.4 Å². The normalized spacial score (nSPS) is 18.3. The molecule has 0 radical (unpaired) electrons. The molecule has 2 rings (SSSR count). The van der Waals surface area contributed by atoms with Crippen molar-refractivity contribution in [3.05, 3.63) is 35.4 Å². The minimum absolute atomic E-state index is 0.344. The molecule has 1 fully saturated rings. The Labute approximate surface area is 117 Å². The van der Waals surface area contributed by atoms with Gasteiger partial charge in [-0.25, -0.2) is 0 Å². The first-order valence-corrected chi connectivity index (χ1v) is 7.49. The van der Waals surface area contributed by atoms with Gasteiger partial charge in [-0.05, 0) is 57.6 Å². The second-order valence-corrected chi connectivity index (χ2v) is 6.02. The molecule has 0 aromatic heterocycles. The van der Waals surface area contributed by atoms with E-state index >= 15 is 0 Å². The minimum atomic E-state index is 0.344. The topological polar surface area (TPSA) is 21.3 Å². The molecule has 19 heavy (non-hydrogen) atoms. The molecule has 0 amide bonds. The smallest absolute Gasteiger partial charge is 0.0546 e.